The van der Waals surface area contributed by atoms with Crippen LogP contribution in [0.5, 0.6) is 5.75 Å². The van der Waals surface area contributed by atoms with Gasteiger partial charge in [0.05, 0.1) is 11.4 Å². The number of benzene rings is 1. The summed E-state index contributed by atoms with van der Waals surface area (Å²) in [7, 11) is 0. The highest BCUT2D eigenvalue weighted by Gasteiger charge is 2.25. The first kappa shape index (κ1) is 15.4. The number of aromatic amines is 1. The minimum atomic E-state index is 0.500. The molecule has 1 aliphatic heterocycles. The Hall–Kier alpha value is -1.52. The second-order valence-electron chi connectivity index (χ2n) is 5.85. The molecule has 1 atom stereocenters. The Morgan fingerprint density at radius 3 is 2.95 bits per heavy atom. The number of hydrogen-bond acceptors (Lipinski definition) is 3. The number of H-pyrrole nitrogens is 1. The quantitative estimate of drug-likeness (QED) is 0.879. The highest BCUT2D eigenvalue weighted by molar-refractivity contribution is 6.30. The summed E-state index contributed by atoms with van der Waals surface area (Å²) in [5, 5.41) is 8.27. The second kappa shape index (κ2) is 7.16. The molecule has 1 aromatic heterocycles. The van der Waals surface area contributed by atoms with Gasteiger partial charge < -0.3 is 9.64 Å². The van der Waals surface area contributed by atoms with Gasteiger partial charge in [0.1, 0.15) is 12.4 Å². The van der Waals surface area contributed by atoms with Gasteiger partial charge in [-0.2, -0.15) is 5.10 Å². The van der Waals surface area contributed by atoms with E-state index in [1.807, 2.05) is 24.3 Å². The van der Waals surface area contributed by atoms with Gasteiger partial charge in [0.15, 0.2) is 0 Å². The fourth-order valence-corrected chi connectivity index (χ4v) is 3.07. The Balaban J connectivity index is 1.54. The van der Waals surface area contributed by atoms with E-state index in [1.165, 1.54) is 25.9 Å². The van der Waals surface area contributed by atoms with Crippen LogP contribution >= 0.6 is 11.6 Å². The second-order valence-corrected chi connectivity index (χ2v) is 6.28. The van der Waals surface area contributed by atoms with Crippen LogP contribution in [0.25, 0.3) is 0 Å². The maximum Gasteiger partial charge on any atom is 0.130 e. The molecule has 0 radical (unpaired) electrons. The number of nitrogens with zero attached hydrogens (tertiary/aromatic N) is 2. The molecule has 0 saturated carbocycles. The van der Waals surface area contributed by atoms with Crippen molar-refractivity contribution in [3.8, 4) is 5.75 Å². The highest BCUT2D eigenvalue weighted by atomic mass is 35.5. The van der Waals surface area contributed by atoms with Gasteiger partial charge in [-0.3, -0.25) is 5.10 Å². The van der Waals surface area contributed by atoms with Crippen LogP contribution in [0.4, 0.5) is 0 Å². The maximum atomic E-state index is 5.86. The molecule has 5 heteroatoms. The molecule has 1 unspecified atom stereocenters. The van der Waals surface area contributed by atoms with Gasteiger partial charge in [0.2, 0.25) is 0 Å². The highest BCUT2D eigenvalue weighted by Crippen LogP contribution is 2.26. The molecular weight excluding hydrogens is 298 g/mol. The largest absolute Gasteiger partial charge is 0.487 e. The first-order valence-electron chi connectivity index (χ1n) is 7.89. The zero-order chi connectivity index (χ0) is 15.4. The molecule has 3 rings (SSSR count). The third-order valence-corrected chi connectivity index (χ3v) is 4.34. The molecule has 2 aromatic rings. The van der Waals surface area contributed by atoms with Crippen molar-refractivity contribution < 1.29 is 4.74 Å². The molecule has 4 nitrogen and oxygen atoms in total. The summed E-state index contributed by atoms with van der Waals surface area (Å²) in [5.74, 6) is 1.36. The lowest BCUT2D eigenvalue weighted by Gasteiger charge is -2.13. The van der Waals surface area contributed by atoms with E-state index in [0.29, 0.717) is 17.5 Å². The number of halogens is 1. The van der Waals surface area contributed by atoms with Gasteiger partial charge in [-0.15, -0.1) is 0 Å². The lowest BCUT2D eigenvalue weighted by molar-refractivity contribution is 0.301. The lowest BCUT2D eigenvalue weighted by Crippen LogP contribution is -2.20. The van der Waals surface area contributed by atoms with E-state index in [1.54, 1.807) is 0 Å². The molecule has 1 N–H and O–H groups in total. The van der Waals surface area contributed by atoms with E-state index in [0.717, 1.165) is 23.7 Å². The van der Waals surface area contributed by atoms with Gasteiger partial charge in [0, 0.05) is 17.5 Å². The Bertz CT molecular complexity index is 596. The minimum Gasteiger partial charge on any atom is -0.487 e. The Labute approximate surface area is 136 Å². The molecule has 1 aliphatic rings. The van der Waals surface area contributed by atoms with E-state index in [9.17, 15) is 0 Å². The van der Waals surface area contributed by atoms with E-state index in [2.05, 4.69) is 28.1 Å². The smallest absolute Gasteiger partial charge is 0.130 e. The number of rotatable bonds is 6. The Morgan fingerprint density at radius 2 is 2.18 bits per heavy atom. The Kier molecular flexibility index (Phi) is 5.01. The normalized spacial score (nSPS) is 18.7. The molecule has 0 bridgehead atoms. The van der Waals surface area contributed by atoms with E-state index in [4.69, 9.17) is 16.3 Å². The summed E-state index contributed by atoms with van der Waals surface area (Å²) in [5.41, 5.74) is 2.17. The fourth-order valence-electron chi connectivity index (χ4n) is 2.95. The lowest BCUT2D eigenvalue weighted by atomic mass is 10.1. The van der Waals surface area contributed by atoms with E-state index in [-0.39, 0.29) is 0 Å². The van der Waals surface area contributed by atoms with Crippen LogP contribution in [0.3, 0.4) is 0 Å². The summed E-state index contributed by atoms with van der Waals surface area (Å²) in [6.07, 6.45) is 2.41. The van der Waals surface area contributed by atoms with Gasteiger partial charge >= 0.3 is 0 Å². The molecule has 1 saturated heterocycles. The van der Waals surface area contributed by atoms with Crippen molar-refractivity contribution in [1.82, 2.24) is 15.1 Å². The average molecular weight is 320 g/mol. The maximum absolute atomic E-state index is 5.86. The van der Waals surface area contributed by atoms with Gasteiger partial charge in [-0.25, -0.2) is 0 Å². The number of hydrogen-bond donors (Lipinski definition) is 1. The average Bonchev–Trinajstić information content (AvgIpc) is 3.16. The summed E-state index contributed by atoms with van der Waals surface area (Å²) < 4.78 is 5.74. The first-order chi connectivity index (χ1) is 10.7. The predicted molar refractivity (Wildman–Crippen MR) is 88.5 cm³/mol. The molecule has 22 heavy (non-hydrogen) atoms. The van der Waals surface area contributed by atoms with Gasteiger partial charge in [0.25, 0.3) is 0 Å². The van der Waals surface area contributed by atoms with Crippen molar-refractivity contribution >= 4 is 11.6 Å². The zero-order valence-corrected chi connectivity index (χ0v) is 13.6. The predicted octanol–water partition coefficient (Wildman–Crippen LogP) is 3.84. The molecule has 1 fully saturated rings. The molecular formula is C17H22ClN3O. The molecule has 1 aromatic carbocycles. The molecule has 118 valence electrons. The standard InChI is InChI=1S/C17H22ClN3O/c1-2-8-21-9-7-13(11-21)17-10-15(19-20-17)12-22-16-5-3-14(18)4-6-16/h3-6,10,13H,2,7-9,11-12H2,1H3,(H,19,20). The van der Waals surface area contributed by atoms with Gasteiger partial charge in [-0.05, 0) is 56.3 Å². The van der Waals surface area contributed by atoms with Crippen LogP contribution in [0.15, 0.2) is 30.3 Å². The van der Waals surface area contributed by atoms with Crippen LogP contribution in [-0.2, 0) is 6.61 Å². The third-order valence-electron chi connectivity index (χ3n) is 4.09. The fraction of sp³-hybridized carbons (Fsp3) is 0.471. The van der Waals surface area contributed by atoms with Crippen molar-refractivity contribution in [3.05, 3.63) is 46.7 Å². The third kappa shape index (κ3) is 3.81. The monoisotopic (exact) mass is 319 g/mol. The van der Waals surface area contributed by atoms with Crippen LogP contribution < -0.4 is 4.74 Å². The number of likely N-dealkylation sites (tertiary alicyclic amines) is 1. The van der Waals surface area contributed by atoms with Gasteiger partial charge in [-0.1, -0.05) is 18.5 Å². The molecule has 0 amide bonds. The van der Waals surface area contributed by atoms with Crippen LogP contribution in [-0.4, -0.2) is 34.7 Å². The topological polar surface area (TPSA) is 41.1 Å². The Morgan fingerprint density at radius 1 is 1.36 bits per heavy atom. The number of nitrogens with one attached hydrogen (secondary N) is 1. The summed E-state index contributed by atoms with van der Waals surface area (Å²) >= 11 is 5.86. The van der Waals surface area contributed by atoms with Crippen LogP contribution in [0.2, 0.25) is 5.02 Å². The van der Waals surface area contributed by atoms with E-state index >= 15 is 0 Å². The zero-order valence-electron chi connectivity index (χ0n) is 12.9. The van der Waals surface area contributed by atoms with Crippen molar-refractivity contribution in [3.63, 3.8) is 0 Å². The number of aromatic nitrogens is 2. The van der Waals surface area contributed by atoms with E-state index < -0.39 is 0 Å². The van der Waals surface area contributed by atoms with Crippen molar-refractivity contribution in [2.45, 2.75) is 32.3 Å². The first-order valence-corrected chi connectivity index (χ1v) is 8.27. The van der Waals surface area contributed by atoms with Crippen molar-refractivity contribution in [2.24, 2.45) is 0 Å². The molecule has 2 heterocycles. The van der Waals surface area contributed by atoms with Crippen molar-refractivity contribution in [1.29, 1.82) is 0 Å². The molecule has 0 aliphatic carbocycles. The number of ether oxygens (including phenoxy) is 1. The van der Waals surface area contributed by atoms with Crippen LogP contribution in [0, 0.1) is 0 Å². The summed E-state index contributed by atoms with van der Waals surface area (Å²) in [6.45, 7) is 6.22. The summed E-state index contributed by atoms with van der Waals surface area (Å²) in [6, 6.07) is 9.54. The summed E-state index contributed by atoms with van der Waals surface area (Å²) in [4.78, 5) is 2.52. The van der Waals surface area contributed by atoms with Crippen molar-refractivity contribution in [2.75, 3.05) is 19.6 Å². The minimum absolute atomic E-state index is 0.500. The molecule has 0 spiro atoms. The van der Waals surface area contributed by atoms with Crippen LogP contribution in [0.1, 0.15) is 37.1 Å². The SMILES string of the molecule is CCCN1CCC(c2cc(COc3ccc(Cl)cc3)[nH]n2)C1.